The van der Waals surface area contributed by atoms with Crippen LogP contribution in [0.5, 0.6) is 0 Å². The van der Waals surface area contributed by atoms with Crippen LogP contribution in [0.1, 0.15) is 51.8 Å². The van der Waals surface area contributed by atoms with Crippen molar-refractivity contribution in [2.45, 2.75) is 64.6 Å². The van der Waals surface area contributed by atoms with Gasteiger partial charge in [-0.3, -0.25) is 4.90 Å². The third-order valence-electron chi connectivity index (χ3n) is 4.59. The Balaban J connectivity index is 2.06. The minimum Gasteiger partial charge on any atom is -0.329 e. The van der Waals surface area contributed by atoms with Crippen LogP contribution in [0.25, 0.3) is 0 Å². The van der Waals surface area contributed by atoms with E-state index in [4.69, 9.17) is 5.73 Å². The maximum absolute atomic E-state index is 6.10. The van der Waals surface area contributed by atoms with E-state index in [9.17, 15) is 0 Å². The molecule has 2 rings (SSSR count). The SMILES string of the molecule is CC(C)Cn1ncnc1CN(C)C1(CN)CCCCC1. The second-order valence-corrected chi connectivity index (χ2v) is 6.60. The topological polar surface area (TPSA) is 60.0 Å². The zero-order chi connectivity index (χ0) is 14.6. The molecular weight excluding hydrogens is 250 g/mol. The quantitative estimate of drug-likeness (QED) is 0.865. The first-order chi connectivity index (χ1) is 9.57. The number of hydrogen-bond donors (Lipinski definition) is 1. The second kappa shape index (κ2) is 6.68. The van der Waals surface area contributed by atoms with Gasteiger partial charge in [-0.25, -0.2) is 9.67 Å². The molecule has 0 saturated heterocycles. The first-order valence-electron chi connectivity index (χ1n) is 7.85. The summed E-state index contributed by atoms with van der Waals surface area (Å²) in [6.45, 7) is 6.92. The fourth-order valence-corrected chi connectivity index (χ4v) is 3.24. The van der Waals surface area contributed by atoms with Crippen molar-refractivity contribution in [2.24, 2.45) is 11.7 Å². The summed E-state index contributed by atoms with van der Waals surface area (Å²) in [7, 11) is 2.19. The van der Waals surface area contributed by atoms with Gasteiger partial charge in [0.05, 0.1) is 6.54 Å². The van der Waals surface area contributed by atoms with Crippen LogP contribution < -0.4 is 5.73 Å². The predicted molar refractivity (Wildman–Crippen MR) is 81.2 cm³/mol. The number of nitrogens with zero attached hydrogens (tertiary/aromatic N) is 4. The summed E-state index contributed by atoms with van der Waals surface area (Å²) < 4.78 is 2.04. The molecule has 1 aromatic rings. The van der Waals surface area contributed by atoms with Crippen molar-refractivity contribution in [1.82, 2.24) is 19.7 Å². The monoisotopic (exact) mass is 279 g/mol. The number of aromatic nitrogens is 3. The smallest absolute Gasteiger partial charge is 0.141 e. The molecule has 1 aromatic heterocycles. The first kappa shape index (κ1) is 15.4. The van der Waals surface area contributed by atoms with Gasteiger partial charge in [-0.05, 0) is 25.8 Å². The van der Waals surface area contributed by atoms with Crippen LogP contribution >= 0.6 is 0 Å². The molecule has 0 spiro atoms. The molecule has 0 atom stereocenters. The van der Waals surface area contributed by atoms with Gasteiger partial charge in [-0.1, -0.05) is 33.1 Å². The third kappa shape index (κ3) is 3.38. The van der Waals surface area contributed by atoms with Gasteiger partial charge in [0.1, 0.15) is 12.2 Å². The molecule has 5 heteroatoms. The fourth-order valence-electron chi connectivity index (χ4n) is 3.24. The summed E-state index contributed by atoms with van der Waals surface area (Å²) in [6, 6.07) is 0. The summed E-state index contributed by atoms with van der Waals surface area (Å²) in [5.41, 5.74) is 6.26. The third-order valence-corrected chi connectivity index (χ3v) is 4.59. The largest absolute Gasteiger partial charge is 0.329 e. The highest BCUT2D eigenvalue weighted by atomic mass is 15.4. The molecule has 1 heterocycles. The zero-order valence-electron chi connectivity index (χ0n) is 13.2. The van der Waals surface area contributed by atoms with E-state index in [0.717, 1.165) is 25.5 Å². The molecule has 20 heavy (non-hydrogen) atoms. The van der Waals surface area contributed by atoms with E-state index in [-0.39, 0.29) is 5.54 Å². The molecule has 5 nitrogen and oxygen atoms in total. The van der Waals surface area contributed by atoms with Gasteiger partial charge < -0.3 is 5.73 Å². The van der Waals surface area contributed by atoms with Crippen molar-refractivity contribution in [3.05, 3.63) is 12.2 Å². The number of rotatable bonds is 6. The summed E-state index contributed by atoms with van der Waals surface area (Å²) in [5.74, 6) is 1.64. The summed E-state index contributed by atoms with van der Waals surface area (Å²) >= 11 is 0. The molecule has 0 aromatic carbocycles. The van der Waals surface area contributed by atoms with E-state index in [1.54, 1.807) is 6.33 Å². The van der Waals surface area contributed by atoms with Gasteiger partial charge in [0.2, 0.25) is 0 Å². The summed E-state index contributed by atoms with van der Waals surface area (Å²) in [5, 5.41) is 4.35. The normalized spacial score (nSPS) is 18.9. The highest BCUT2D eigenvalue weighted by Crippen LogP contribution is 2.32. The number of nitrogens with two attached hydrogens (primary N) is 1. The van der Waals surface area contributed by atoms with Crippen LogP contribution in [0, 0.1) is 5.92 Å². The molecule has 1 aliphatic rings. The second-order valence-electron chi connectivity index (χ2n) is 6.60. The van der Waals surface area contributed by atoms with E-state index >= 15 is 0 Å². The van der Waals surface area contributed by atoms with Crippen LogP contribution in [0.4, 0.5) is 0 Å². The molecular formula is C15H29N5. The van der Waals surface area contributed by atoms with Crippen LogP contribution in [0.2, 0.25) is 0 Å². The summed E-state index contributed by atoms with van der Waals surface area (Å²) in [6.07, 6.45) is 8.01. The van der Waals surface area contributed by atoms with E-state index < -0.39 is 0 Å². The molecule has 0 radical (unpaired) electrons. The molecule has 0 bridgehead atoms. The molecule has 0 unspecified atom stereocenters. The lowest BCUT2D eigenvalue weighted by molar-refractivity contribution is 0.0719. The van der Waals surface area contributed by atoms with Crippen molar-refractivity contribution in [3.63, 3.8) is 0 Å². The average Bonchev–Trinajstić information content (AvgIpc) is 2.86. The first-order valence-corrected chi connectivity index (χ1v) is 7.85. The summed E-state index contributed by atoms with van der Waals surface area (Å²) in [4.78, 5) is 6.85. The van der Waals surface area contributed by atoms with Crippen LogP contribution in [0.15, 0.2) is 6.33 Å². The zero-order valence-corrected chi connectivity index (χ0v) is 13.2. The molecule has 2 N–H and O–H groups in total. The minimum atomic E-state index is 0.160. The van der Waals surface area contributed by atoms with Crippen molar-refractivity contribution in [1.29, 1.82) is 0 Å². The van der Waals surface area contributed by atoms with E-state index in [0.29, 0.717) is 5.92 Å². The Morgan fingerprint density at radius 2 is 2.05 bits per heavy atom. The van der Waals surface area contributed by atoms with E-state index in [1.807, 2.05) is 4.68 Å². The van der Waals surface area contributed by atoms with Crippen molar-refractivity contribution >= 4 is 0 Å². The maximum Gasteiger partial charge on any atom is 0.141 e. The molecule has 1 saturated carbocycles. The lowest BCUT2D eigenvalue weighted by Crippen LogP contribution is -2.53. The van der Waals surface area contributed by atoms with Crippen LogP contribution in [-0.4, -0.2) is 38.8 Å². The van der Waals surface area contributed by atoms with Gasteiger partial charge >= 0.3 is 0 Å². The molecule has 0 amide bonds. The van der Waals surface area contributed by atoms with Gasteiger partial charge in [0.25, 0.3) is 0 Å². The van der Waals surface area contributed by atoms with Gasteiger partial charge in [-0.15, -0.1) is 0 Å². The Bertz CT molecular complexity index is 406. The van der Waals surface area contributed by atoms with Crippen LogP contribution in [0.3, 0.4) is 0 Å². The maximum atomic E-state index is 6.10. The standard InChI is InChI=1S/C15H29N5/c1-13(2)9-20-14(17-12-18-20)10-19(3)15(11-16)7-5-4-6-8-15/h12-13H,4-11,16H2,1-3H3. The van der Waals surface area contributed by atoms with E-state index in [2.05, 4.69) is 35.9 Å². The van der Waals surface area contributed by atoms with Crippen LogP contribution in [-0.2, 0) is 13.1 Å². The van der Waals surface area contributed by atoms with Gasteiger partial charge in [-0.2, -0.15) is 5.10 Å². The minimum absolute atomic E-state index is 0.160. The van der Waals surface area contributed by atoms with Gasteiger partial charge in [0, 0.05) is 18.6 Å². The fraction of sp³-hybridized carbons (Fsp3) is 0.867. The lowest BCUT2D eigenvalue weighted by Gasteiger charge is -2.43. The highest BCUT2D eigenvalue weighted by Gasteiger charge is 2.35. The van der Waals surface area contributed by atoms with E-state index in [1.165, 1.54) is 32.1 Å². The number of hydrogen-bond acceptors (Lipinski definition) is 4. The predicted octanol–water partition coefficient (Wildman–Crippen LogP) is 2.03. The highest BCUT2D eigenvalue weighted by molar-refractivity contribution is 4.96. The Morgan fingerprint density at radius 3 is 2.65 bits per heavy atom. The Hall–Kier alpha value is -0.940. The molecule has 0 aliphatic heterocycles. The Labute approximate surface area is 122 Å². The molecule has 114 valence electrons. The van der Waals surface area contributed by atoms with Crippen molar-refractivity contribution in [2.75, 3.05) is 13.6 Å². The Morgan fingerprint density at radius 1 is 1.35 bits per heavy atom. The van der Waals surface area contributed by atoms with Crippen molar-refractivity contribution in [3.8, 4) is 0 Å². The average molecular weight is 279 g/mol. The number of likely N-dealkylation sites (N-methyl/N-ethyl adjacent to an activating group) is 1. The molecule has 1 fully saturated rings. The molecule has 1 aliphatic carbocycles. The van der Waals surface area contributed by atoms with Crippen molar-refractivity contribution < 1.29 is 0 Å². The van der Waals surface area contributed by atoms with Gasteiger partial charge in [0.15, 0.2) is 0 Å². The lowest BCUT2D eigenvalue weighted by atomic mass is 9.80. The Kier molecular flexibility index (Phi) is 5.16.